The van der Waals surface area contributed by atoms with Gasteiger partial charge < -0.3 is 9.84 Å². The quantitative estimate of drug-likeness (QED) is 0.761. The largest absolute Gasteiger partial charge is 0.364 e. The van der Waals surface area contributed by atoms with Crippen LogP contribution >= 0.6 is 0 Å². The molecule has 0 saturated heterocycles. The number of aryl methyl sites for hydroxylation is 1. The van der Waals surface area contributed by atoms with Gasteiger partial charge in [0.2, 0.25) is 0 Å². The van der Waals surface area contributed by atoms with E-state index in [2.05, 4.69) is 34.3 Å². The van der Waals surface area contributed by atoms with Gasteiger partial charge in [0.25, 0.3) is 0 Å². The molecule has 1 aliphatic rings. The van der Waals surface area contributed by atoms with E-state index < -0.39 is 0 Å². The van der Waals surface area contributed by atoms with Crippen molar-refractivity contribution in [2.45, 2.75) is 26.2 Å². The number of aromatic nitrogens is 3. The van der Waals surface area contributed by atoms with Crippen molar-refractivity contribution < 1.29 is 9.32 Å². The number of urea groups is 1. The maximum absolute atomic E-state index is 12.9. The molecule has 0 radical (unpaired) electrons. The third kappa shape index (κ3) is 2.71. The summed E-state index contributed by atoms with van der Waals surface area (Å²) in [5.41, 5.74) is 4.66. The van der Waals surface area contributed by atoms with Crippen LogP contribution in [0.15, 0.2) is 47.6 Å². The third-order valence-corrected chi connectivity index (χ3v) is 4.57. The first-order chi connectivity index (χ1) is 12.5. The van der Waals surface area contributed by atoms with Crippen molar-refractivity contribution in [2.75, 3.05) is 16.8 Å². The molecule has 0 bridgehead atoms. The van der Waals surface area contributed by atoms with Gasteiger partial charge >= 0.3 is 6.03 Å². The molecular weight excluding hydrogens is 330 g/mol. The predicted octanol–water partition coefficient (Wildman–Crippen LogP) is 3.77. The molecule has 0 aromatic carbocycles. The average molecular weight is 349 g/mol. The van der Waals surface area contributed by atoms with E-state index in [1.807, 2.05) is 25.3 Å². The number of anilines is 2. The molecule has 0 unspecified atom stereocenters. The summed E-state index contributed by atoms with van der Waals surface area (Å²) in [6, 6.07) is 5.36. The van der Waals surface area contributed by atoms with E-state index in [-0.39, 0.29) is 11.4 Å². The molecule has 0 fully saturated rings. The van der Waals surface area contributed by atoms with Crippen LogP contribution in [0, 0.1) is 6.92 Å². The van der Waals surface area contributed by atoms with Crippen LogP contribution in [0.4, 0.5) is 16.2 Å². The minimum atomic E-state index is -0.232. The van der Waals surface area contributed by atoms with Crippen LogP contribution < -0.4 is 10.2 Å². The summed E-state index contributed by atoms with van der Waals surface area (Å²) in [5, 5.41) is 6.82. The van der Waals surface area contributed by atoms with Crippen LogP contribution in [-0.4, -0.2) is 27.7 Å². The van der Waals surface area contributed by atoms with Crippen LogP contribution in [0.5, 0.6) is 0 Å². The summed E-state index contributed by atoms with van der Waals surface area (Å²) in [4.78, 5) is 23.3. The van der Waals surface area contributed by atoms with Crippen LogP contribution in [0.25, 0.3) is 11.1 Å². The minimum Gasteiger partial charge on any atom is -0.364 e. The Kier molecular flexibility index (Phi) is 3.72. The van der Waals surface area contributed by atoms with E-state index >= 15 is 0 Å². The van der Waals surface area contributed by atoms with Crippen molar-refractivity contribution >= 4 is 17.4 Å². The molecule has 3 aromatic rings. The van der Waals surface area contributed by atoms with Crippen LogP contribution in [0.3, 0.4) is 0 Å². The van der Waals surface area contributed by atoms with Crippen LogP contribution in [0.1, 0.15) is 25.2 Å². The summed E-state index contributed by atoms with van der Waals surface area (Å²) < 4.78 is 5.04. The van der Waals surface area contributed by atoms with Gasteiger partial charge in [-0.05, 0) is 25.1 Å². The molecule has 1 N–H and O–H groups in total. The lowest BCUT2D eigenvalue weighted by molar-refractivity contribution is 0.256. The Bertz CT molecular complexity index is 965. The highest BCUT2D eigenvalue weighted by Gasteiger charge is 2.39. The van der Waals surface area contributed by atoms with E-state index in [1.165, 1.54) is 0 Å². The van der Waals surface area contributed by atoms with E-state index in [4.69, 9.17) is 4.52 Å². The molecule has 0 aliphatic carbocycles. The number of rotatable bonds is 2. The summed E-state index contributed by atoms with van der Waals surface area (Å²) in [5.74, 6) is 0. The fourth-order valence-corrected chi connectivity index (χ4v) is 3.26. The number of hydrogen-bond acceptors (Lipinski definition) is 5. The molecule has 7 heteroatoms. The van der Waals surface area contributed by atoms with Gasteiger partial charge in [-0.3, -0.25) is 14.9 Å². The zero-order valence-electron chi connectivity index (χ0n) is 14.9. The number of nitrogens with zero attached hydrogens (tertiary/aromatic N) is 4. The lowest BCUT2D eigenvalue weighted by Crippen LogP contribution is -2.37. The smallest absolute Gasteiger partial charge is 0.326 e. The molecule has 3 aromatic heterocycles. The van der Waals surface area contributed by atoms with Crippen molar-refractivity contribution in [2.24, 2.45) is 0 Å². The lowest BCUT2D eigenvalue weighted by atomic mass is 9.91. The highest BCUT2D eigenvalue weighted by atomic mass is 16.5. The van der Waals surface area contributed by atoms with Gasteiger partial charge in [-0.25, -0.2) is 4.79 Å². The summed E-state index contributed by atoms with van der Waals surface area (Å²) in [6.45, 7) is 6.59. The van der Waals surface area contributed by atoms with E-state index in [0.717, 1.165) is 28.2 Å². The van der Waals surface area contributed by atoms with Gasteiger partial charge in [0.1, 0.15) is 6.26 Å². The number of hydrogen-bond donors (Lipinski definition) is 1. The van der Waals surface area contributed by atoms with Gasteiger partial charge in [0, 0.05) is 35.5 Å². The Morgan fingerprint density at radius 2 is 2.19 bits per heavy atom. The molecule has 132 valence electrons. The Morgan fingerprint density at radius 3 is 2.88 bits per heavy atom. The van der Waals surface area contributed by atoms with E-state index in [1.54, 1.807) is 29.6 Å². The summed E-state index contributed by atoms with van der Waals surface area (Å²) in [6.07, 6.45) is 6.69. The van der Waals surface area contributed by atoms with Crippen molar-refractivity contribution in [3.8, 4) is 11.1 Å². The first-order valence-electron chi connectivity index (χ1n) is 8.36. The van der Waals surface area contributed by atoms with E-state index in [9.17, 15) is 4.79 Å². The molecule has 1 aliphatic heterocycles. The molecule has 2 amide bonds. The molecule has 0 atom stereocenters. The van der Waals surface area contributed by atoms with Crippen molar-refractivity contribution in [3.63, 3.8) is 0 Å². The number of nitrogens with one attached hydrogen (secondary N) is 1. The molecule has 0 saturated carbocycles. The first-order valence-corrected chi connectivity index (χ1v) is 8.36. The van der Waals surface area contributed by atoms with Crippen LogP contribution in [-0.2, 0) is 5.41 Å². The Labute approximate surface area is 151 Å². The fraction of sp³-hybridized carbons (Fsp3) is 0.263. The molecular formula is C19H19N5O2. The standard InChI is InChI=1S/C19H19N5O2/c1-12-15(10-26-23-12)13-7-16-17(21-8-13)19(2,3)11-24(16)18(25)22-14-5-4-6-20-9-14/h4-10H,11H2,1-3H3,(H,22,25). The maximum Gasteiger partial charge on any atom is 0.326 e. The molecule has 0 spiro atoms. The summed E-state index contributed by atoms with van der Waals surface area (Å²) in [7, 11) is 0. The van der Waals surface area contributed by atoms with Crippen molar-refractivity contribution in [3.05, 3.63) is 54.4 Å². The zero-order chi connectivity index (χ0) is 18.3. The van der Waals surface area contributed by atoms with Gasteiger partial charge in [-0.1, -0.05) is 19.0 Å². The number of carbonyl (C=O) groups excluding carboxylic acids is 1. The fourth-order valence-electron chi connectivity index (χ4n) is 3.26. The topological polar surface area (TPSA) is 84.2 Å². The highest BCUT2D eigenvalue weighted by molar-refractivity contribution is 6.03. The second kappa shape index (κ2) is 5.94. The monoisotopic (exact) mass is 349 g/mol. The zero-order valence-corrected chi connectivity index (χ0v) is 14.9. The minimum absolute atomic E-state index is 0.203. The molecule has 4 rings (SSSR count). The number of amides is 2. The van der Waals surface area contributed by atoms with Crippen molar-refractivity contribution in [1.82, 2.24) is 15.1 Å². The first kappa shape index (κ1) is 16.3. The molecule has 7 nitrogen and oxygen atoms in total. The Hall–Kier alpha value is -3.22. The predicted molar refractivity (Wildman–Crippen MR) is 98.1 cm³/mol. The number of fused-ring (bicyclic) bond motifs is 1. The normalized spacial score (nSPS) is 15.0. The highest BCUT2D eigenvalue weighted by Crippen LogP contribution is 2.41. The molecule has 26 heavy (non-hydrogen) atoms. The van der Waals surface area contributed by atoms with Gasteiger partial charge in [0.15, 0.2) is 0 Å². The van der Waals surface area contributed by atoms with Crippen LogP contribution in [0.2, 0.25) is 0 Å². The average Bonchev–Trinajstić information content (AvgIpc) is 3.16. The Morgan fingerprint density at radius 1 is 1.35 bits per heavy atom. The van der Waals surface area contributed by atoms with Gasteiger partial charge in [0.05, 0.1) is 29.0 Å². The Balaban J connectivity index is 1.71. The second-order valence-electron chi connectivity index (χ2n) is 7.05. The van der Waals surface area contributed by atoms with Crippen molar-refractivity contribution in [1.29, 1.82) is 0 Å². The number of pyridine rings is 2. The second-order valence-corrected chi connectivity index (χ2v) is 7.05. The lowest BCUT2D eigenvalue weighted by Gasteiger charge is -2.20. The van der Waals surface area contributed by atoms with E-state index in [0.29, 0.717) is 12.2 Å². The third-order valence-electron chi connectivity index (χ3n) is 4.57. The number of carbonyl (C=O) groups is 1. The summed E-state index contributed by atoms with van der Waals surface area (Å²) >= 11 is 0. The van der Waals surface area contributed by atoms with Gasteiger partial charge in [-0.2, -0.15) is 0 Å². The SMILES string of the molecule is Cc1nocc1-c1cnc2c(c1)N(C(=O)Nc1cccnc1)CC2(C)C. The maximum atomic E-state index is 12.9. The molecule has 4 heterocycles. The van der Waals surface area contributed by atoms with Gasteiger partial charge in [-0.15, -0.1) is 0 Å².